The quantitative estimate of drug-likeness (QED) is 0.881. The third kappa shape index (κ3) is 2.39. The highest BCUT2D eigenvalue weighted by Gasteiger charge is 2.56. The van der Waals surface area contributed by atoms with Crippen LogP contribution in [0.3, 0.4) is 0 Å². The van der Waals surface area contributed by atoms with E-state index in [4.69, 9.17) is 4.74 Å². The molecule has 4 unspecified atom stereocenters. The zero-order valence-electron chi connectivity index (χ0n) is 14.7. The number of methoxy groups -OCH3 is 1. The molecule has 0 aromatic heterocycles. The van der Waals surface area contributed by atoms with Gasteiger partial charge in [-0.25, -0.2) is 0 Å². The van der Waals surface area contributed by atoms with Gasteiger partial charge in [-0.05, 0) is 74.8 Å². The lowest BCUT2D eigenvalue weighted by Gasteiger charge is -2.29. The molecule has 4 nitrogen and oxygen atoms in total. The van der Waals surface area contributed by atoms with Crippen molar-refractivity contribution in [3.63, 3.8) is 0 Å². The van der Waals surface area contributed by atoms with Crippen molar-refractivity contribution in [2.45, 2.75) is 70.6 Å². The number of amides is 1. The second-order valence-electron chi connectivity index (χ2n) is 7.34. The molecule has 0 bridgehead atoms. The number of nitrogens with one attached hydrogen (secondary N) is 1. The number of aliphatic hydroxyl groups is 1. The Labute approximate surface area is 138 Å². The molecular formula is C19H27NO3. The van der Waals surface area contributed by atoms with E-state index in [-0.39, 0.29) is 12.0 Å². The van der Waals surface area contributed by atoms with E-state index < -0.39 is 17.6 Å². The van der Waals surface area contributed by atoms with Gasteiger partial charge in [0.15, 0.2) is 0 Å². The predicted molar refractivity (Wildman–Crippen MR) is 89.7 cm³/mol. The average Bonchev–Trinajstić information content (AvgIpc) is 3.02. The van der Waals surface area contributed by atoms with Gasteiger partial charge in [-0.15, -0.1) is 0 Å². The van der Waals surface area contributed by atoms with Crippen LogP contribution in [0.2, 0.25) is 0 Å². The maximum absolute atomic E-state index is 12.7. The standard InChI is InChI=1S/C19H27NO3/c1-10-8-11(2)15(13(4)12(10)3)16-17(21)19(20-18(16)22)7-6-14(9-19)23-5/h8,14,16-17,21H,6-7,9H2,1-5H3,(H,20,22). The first kappa shape index (κ1) is 16.5. The Bertz CT molecular complexity index is 655. The van der Waals surface area contributed by atoms with E-state index in [1.54, 1.807) is 7.11 Å². The first-order valence-corrected chi connectivity index (χ1v) is 8.41. The van der Waals surface area contributed by atoms with Gasteiger partial charge in [0, 0.05) is 7.11 Å². The van der Waals surface area contributed by atoms with E-state index in [1.807, 2.05) is 6.92 Å². The van der Waals surface area contributed by atoms with Crippen molar-refractivity contribution >= 4 is 5.91 Å². The molecule has 126 valence electrons. The molecule has 1 aliphatic carbocycles. The number of hydrogen-bond donors (Lipinski definition) is 2. The fourth-order valence-electron chi connectivity index (χ4n) is 4.54. The predicted octanol–water partition coefficient (Wildman–Crippen LogP) is 2.43. The first-order valence-electron chi connectivity index (χ1n) is 8.41. The lowest BCUT2D eigenvalue weighted by atomic mass is 9.79. The Hall–Kier alpha value is -1.39. The van der Waals surface area contributed by atoms with Crippen LogP contribution in [0.5, 0.6) is 0 Å². The molecule has 1 saturated carbocycles. The van der Waals surface area contributed by atoms with Gasteiger partial charge in [-0.2, -0.15) is 0 Å². The molecule has 4 atom stereocenters. The summed E-state index contributed by atoms with van der Waals surface area (Å²) in [5, 5.41) is 14.2. The van der Waals surface area contributed by atoms with Gasteiger partial charge in [0.05, 0.1) is 23.7 Å². The smallest absolute Gasteiger partial charge is 0.230 e. The van der Waals surface area contributed by atoms with E-state index >= 15 is 0 Å². The SMILES string of the molecule is COC1CCC2(C1)NC(=O)C(c1c(C)cc(C)c(C)c1C)C2O. The van der Waals surface area contributed by atoms with Crippen molar-refractivity contribution in [2.24, 2.45) is 0 Å². The maximum Gasteiger partial charge on any atom is 0.230 e. The molecule has 1 aliphatic heterocycles. The number of carbonyl (C=O) groups is 1. The second-order valence-corrected chi connectivity index (χ2v) is 7.34. The molecule has 0 radical (unpaired) electrons. The minimum atomic E-state index is -0.699. The molecule has 1 aromatic rings. The van der Waals surface area contributed by atoms with Gasteiger partial charge in [0.25, 0.3) is 0 Å². The molecule has 1 heterocycles. The van der Waals surface area contributed by atoms with Crippen LogP contribution in [0.1, 0.15) is 53.0 Å². The van der Waals surface area contributed by atoms with Crippen molar-refractivity contribution in [1.29, 1.82) is 0 Å². The Morgan fingerprint density at radius 3 is 2.52 bits per heavy atom. The van der Waals surface area contributed by atoms with Crippen LogP contribution < -0.4 is 5.32 Å². The lowest BCUT2D eigenvalue weighted by Crippen LogP contribution is -2.47. The fraction of sp³-hybridized carbons (Fsp3) is 0.632. The highest BCUT2D eigenvalue weighted by atomic mass is 16.5. The summed E-state index contributed by atoms with van der Waals surface area (Å²) in [5.74, 6) is -0.534. The molecule has 2 aliphatic rings. The molecule has 4 heteroatoms. The third-order valence-corrected chi connectivity index (χ3v) is 6.10. The summed E-state index contributed by atoms with van der Waals surface area (Å²) in [6.07, 6.45) is 1.76. The summed E-state index contributed by atoms with van der Waals surface area (Å²) in [5.41, 5.74) is 5.11. The van der Waals surface area contributed by atoms with E-state index in [2.05, 4.69) is 32.2 Å². The van der Waals surface area contributed by atoms with Gasteiger partial charge >= 0.3 is 0 Å². The second kappa shape index (κ2) is 5.60. The van der Waals surface area contributed by atoms with Gasteiger partial charge in [-0.1, -0.05) is 6.07 Å². The molecule has 1 spiro atoms. The summed E-state index contributed by atoms with van der Waals surface area (Å²) >= 11 is 0. The number of aryl methyl sites for hydroxylation is 2. The Morgan fingerprint density at radius 1 is 1.22 bits per heavy atom. The average molecular weight is 317 g/mol. The van der Waals surface area contributed by atoms with Gasteiger partial charge < -0.3 is 15.2 Å². The number of benzene rings is 1. The van der Waals surface area contributed by atoms with Crippen LogP contribution in [0.25, 0.3) is 0 Å². The van der Waals surface area contributed by atoms with Gasteiger partial charge in [-0.3, -0.25) is 4.79 Å². The summed E-state index contributed by atoms with van der Waals surface area (Å²) in [7, 11) is 1.70. The highest BCUT2D eigenvalue weighted by molar-refractivity contribution is 5.89. The number of carbonyl (C=O) groups excluding carboxylic acids is 1. The van der Waals surface area contributed by atoms with E-state index in [0.29, 0.717) is 6.42 Å². The first-order chi connectivity index (χ1) is 10.8. The van der Waals surface area contributed by atoms with Crippen LogP contribution in [0, 0.1) is 27.7 Å². The number of hydrogen-bond acceptors (Lipinski definition) is 3. The molecule has 1 saturated heterocycles. The van der Waals surface area contributed by atoms with Crippen LogP contribution in [0.4, 0.5) is 0 Å². The summed E-state index contributed by atoms with van der Waals surface area (Å²) < 4.78 is 5.44. The number of ether oxygens (including phenoxy) is 1. The molecule has 23 heavy (non-hydrogen) atoms. The Morgan fingerprint density at radius 2 is 1.91 bits per heavy atom. The van der Waals surface area contributed by atoms with Crippen molar-refractivity contribution in [3.8, 4) is 0 Å². The van der Waals surface area contributed by atoms with Crippen LogP contribution in [0.15, 0.2) is 6.07 Å². The van der Waals surface area contributed by atoms with Crippen molar-refractivity contribution < 1.29 is 14.6 Å². The maximum atomic E-state index is 12.7. The molecule has 1 aromatic carbocycles. The summed E-state index contributed by atoms with van der Waals surface area (Å²) in [6, 6.07) is 2.12. The molecule has 2 fully saturated rings. The fourth-order valence-corrected chi connectivity index (χ4v) is 4.54. The molecule has 2 N–H and O–H groups in total. The topological polar surface area (TPSA) is 58.6 Å². The normalized spacial score (nSPS) is 33.5. The van der Waals surface area contributed by atoms with Crippen LogP contribution >= 0.6 is 0 Å². The highest BCUT2D eigenvalue weighted by Crippen LogP contribution is 2.45. The Kier molecular flexibility index (Phi) is 4.01. The van der Waals surface area contributed by atoms with E-state index in [9.17, 15) is 9.90 Å². The molecule has 1 amide bonds. The van der Waals surface area contributed by atoms with Gasteiger partial charge in [0.1, 0.15) is 0 Å². The summed E-state index contributed by atoms with van der Waals surface area (Å²) in [6.45, 7) is 8.26. The third-order valence-electron chi connectivity index (χ3n) is 6.10. The zero-order chi connectivity index (χ0) is 16.9. The number of aliphatic hydroxyl groups excluding tert-OH is 1. The van der Waals surface area contributed by atoms with Crippen LogP contribution in [-0.2, 0) is 9.53 Å². The van der Waals surface area contributed by atoms with E-state index in [1.165, 1.54) is 11.1 Å². The minimum Gasteiger partial charge on any atom is -0.389 e. The molecular weight excluding hydrogens is 290 g/mol. The van der Waals surface area contributed by atoms with Gasteiger partial charge in [0.2, 0.25) is 5.91 Å². The van der Waals surface area contributed by atoms with E-state index in [0.717, 1.165) is 29.5 Å². The number of rotatable bonds is 2. The summed E-state index contributed by atoms with van der Waals surface area (Å²) in [4.78, 5) is 12.7. The monoisotopic (exact) mass is 317 g/mol. The zero-order valence-corrected chi connectivity index (χ0v) is 14.7. The van der Waals surface area contributed by atoms with Crippen molar-refractivity contribution in [3.05, 3.63) is 33.9 Å². The molecule has 3 rings (SSSR count). The van der Waals surface area contributed by atoms with Crippen molar-refractivity contribution in [2.75, 3.05) is 7.11 Å². The largest absolute Gasteiger partial charge is 0.389 e. The van der Waals surface area contributed by atoms with Crippen LogP contribution in [-0.4, -0.2) is 35.9 Å². The minimum absolute atomic E-state index is 0.0521. The lowest BCUT2D eigenvalue weighted by molar-refractivity contribution is -0.121. The van der Waals surface area contributed by atoms with Crippen molar-refractivity contribution in [1.82, 2.24) is 5.32 Å². The Balaban J connectivity index is 2.02.